The van der Waals surface area contributed by atoms with E-state index in [4.69, 9.17) is 4.74 Å². The normalized spacial score (nSPS) is 15.4. The van der Waals surface area contributed by atoms with Crippen LogP contribution in [-0.4, -0.2) is 28.0 Å². The molecule has 0 bridgehead atoms. The van der Waals surface area contributed by atoms with Crippen molar-refractivity contribution >= 4 is 21.6 Å². The van der Waals surface area contributed by atoms with Gasteiger partial charge in [-0.25, -0.2) is 8.42 Å². The van der Waals surface area contributed by atoms with Gasteiger partial charge in [-0.3, -0.25) is 9.10 Å². The number of benzene rings is 3. The summed E-state index contributed by atoms with van der Waals surface area (Å²) in [4.78, 5) is 12.7. The van der Waals surface area contributed by atoms with Crippen LogP contribution in [0.2, 0.25) is 0 Å². The Morgan fingerprint density at radius 3 is 2.45 bits per heavy atom. The highest BCUT2D eigenvalue weighted by Gasteiger charge is 2.22. The van der Waals surface area contributed by atoms with Crippen LogP contribution in [0.15, 0.2) is 77.7 Å². The molecule has 0 aliphatic heterocycles. The van der Waals surface area contributed by atoms with Crippen LogP contribution in [0.4, 0.5) is 5.69 Å². The van der Waals surface area contributed by atoms with Gasteiger partial charge in [0.25, 0.3) is 15.9 Å². The topological polar surface area (TPSA) is 75.7 Å². The molecule has 1 aliphatic rings. The molecule has 3 aromatic rings. The lowest BCUT2D eigenvalue weighted by Gasteiger charge is -2.26. The number of hydrogen-bond donors (Lipinski definition) is 1. The third-order valence-electron chi connectivity index (χ3n) is 5.95. The summed E-state index contributed by atoms with van der Waals surface area (Å²) in [6.07, 6.45) is 3.00. The highest BCUT2D eigenvalue weighted by molar-refractivity contribution is 7.92. The van der Waals surface area contributed by atoms with Gasteiger partial charge in [-0.05, 0) is 73.7 Å². The third kappa shape index (κ3) is 5.20. The molecule has 1 amide bonds. The smallest absolute Gasteiger partial charge is 0.264 e. The Balaban J connectivity index is 1.35. The molecule has 0 spiro atoms. The Hall–Kier alpha value is -3.32. The number of sulfonamides is 1. The van der Waals surface area contributed by atoms with Crippen molar-refractivity contribution in [2.75, 3.05) is 18.0 Å². The second kappa shape index (κ2) is 9.67. The van der Waals surface area contributed by atoms with E-state index in [1.807, 2.05) is 19.1 Å². The van der Waals surface area contributed by atoms with Crippen molar-refractivity contribution in [1.29, 1.82) is 0 Å². The van der Waals surface area contributed by atoms with Crippen LogP contribution >= 0.6 is 0 Å². The molecule has 172 valence electrons. The van der Waals surface area contributed by atoms with E-state index in [-0.39, 0.29) is 23.5 Å². The Bertz CT molecular complexity index is 1220. The first kappa shape index (κ1) is 22.9. The zero-order valence-electron chi connectivity index (χ0n) is 18.8. The number of rotatable bonds is 7. The van der Waals surface area contributed by atoms with Crippen molar-refractivity contribution in [3.8, 4) is 5.75 Å². The molecule has 0 aromatic heterocycles. The fourth-order valence-corrected chi connectivity index (χ4v) is 5.24. The third-order valence-corrected chi connectivity index (χ3v) is 7.75. The summed E-state index contributed by atoms with van der Waals surface area (Å²) in [7, 11) is -2.15. The molecule has 0 saturated heterocycles. The first-order valence-electron chi connectivity index (χ1n) is 11.0. The van der Waals surface area contributed by atoms with Crippen LogP contribution in [0.5, 0.6) is 5.75 Å². The van der Waals surface area contributed by atoms with Gasteiger partial charge >= 0.3 is 0 Å². The average Bonchev–Trinajstić information content (AvgIpc) is 2.83. The minimum atomic E-state index is -3.66. The molecule has 1 atom stereocenters. The van der Waals surface area contributed by atoms with Gasteiger partial charge in [-0.1, -0.05) is 42.0 Å². The van der Waals surface area contributed by atoms with E-state index in [0.717, 1.165) is 24.8 Å². The molecule has 4 rings (SSSR count). The van der Waals surface area contributed by atoms with Gasteiger partial charge in [0, 0.05) is 7.05 Å². The maximum absolute atomic E-state index is 12.9. The van der Waals surface area contributed by atoms with Gasteiger partial charge in [-0.15, -0.1) is 0 Å². The molecule has 33 heavy (non-hydrogen) atoms. The molecule has 1 N–H and O–H groups in total. The number of carbonyl (C=O) groups is 1. The summed E-state index contributed by atoms with van der Waals surface area (Å²) < 4.78 is 32.6. The van der Waals surface area contributed by atoms with Crippen molar-refractivity contribution in [3.05, 3.63) is 89.5 Å². The number of anilines is 1. The van der Waals surface area contributed by atoms with Crippen molar-refractivity contribution in [2.45, 2.75) is 37.1 Å². The van der Waals surface area contributed by atoms with Gasteiger partial charge < -0.3 is 10.1 Å². The highest BCUT2D eigenvalue weighted by Crippen LogP contribution is 2.29. The Kier molecular flexibility index (Phi) is 6.70. The van der Waals surface area contributed by atoms with E-state index >= 15 is 0 Å². The van der Waals surface area contributed by atoms with Crippen molar-refractivity contribution < 1.29 is 17.9 Å². The number of nitrogens with zero attached hydrogens (tertiary/aromatic N) is 1. The summed E-state index contributed by atoms with van der Waals surface area (Å²) in [6, 6.07) is 21.6. The summed E-state index contributed by atoms with van der Waals surface area (Å²) >= 11 is 0. The molecule has 0 radical (unpaired) electrons. The number of amides is 1. The lowest BCUT2D eigenvalue weighted by Crippen LogP contribution is -2.34. The molecular weight excluding hydrogens is 436 g/mol. The van der Waals surface area contributed by atoms with Gasteiger partial charge in [0.2, 0.25) is 0 Å². The molecule has 0 saturated carbocycles. The SMILES string of the molecule is Cc1ccc(S(=O)(=O)N(C)c2ccc(OCC(=O)N[C@H]3CCCc4ccccc43)cc2)cc1. The summed E-state index contributed by atoms with van der Waals surface area (Å²) in [5, 5.41) is 3.07. The van der Waals surface area contributed by atoms with Crippen LogP contribution in [0, 0.1) is 6.92 Å². The monoisotopic (exact) mass is 464 g/mol. The van der Waals surface area contributed by atoms with E-state index in [9.17, 15) is 13.2 Å². The zero-order valence-corrected chi connectivity index (χ0v) is 19.6. The van der Waals surface area contributed by atoms with E-state index in [1.54, 1.807) is 48.5 Å². The standard InChI is InChI=1S/C26H28N2O4S/c1-19-10-16-23(17-11-19)33(30,31)28(2)21-12-14-22(15-13-21)32-18-26(29)27-25-9-5-7-20-6-3-4-8-24(20)25/h3-4,6,8,10-17,25H,5,7,9,18H2,1-2H3,(H,27,29)/t25-/m0/s1. The number of ether oxygens (including phenoxy) is 1. The number of fused-ring (bicyclic) bond motifs is 1. The van der Waals surface area contributed by atoms with E-state index in [2.05, 4.69) is 17.4 Å². The van der Waals surface area contributed by atoms with Crippen LogP contribution in [-0.2, 0) is 21.2 Å². The van der Waals surface area contributed by atoms with Gasteiger partial charge in [0.15, 0.2) is 6.61 Å². The zero-order chi connectivity index (χ0) is 23.4. The second-order valence-electron chi connectivity index (χ2n) is 8.28. The molecule has 7 heteroatoms. The molecule has 1 aliphatic carbocycles. The van der Waals surface area contributed by atoms with Gasteiger partial charge in [0.1, 0.15) is 5.75 Å². The van der Waals surface area contributed by atoms with Crippen molar-refractivity contribution in [3.63, 3.8) is 0 Å². The van der Waals surface area contributed by atoms with Crippen molar-refractivity contribution in [1.82, 2.24) is 5.32 Å². The first-order chi connectivity index (χ1) is 15.8. The summed E-state index contributed by atoms with van der Waals surface area (Å²) in [5.41, 5.74) is 3.97. The Morgan fingerprint density at radius 1 is 1.03 bits per heavy atom. The first-order valence-corrected chi connectivity index (χ1v) is 12.4. The van der Waals surface area contributed by atoms with Crippen LogP contribution in [0.3, 0.4) is 0 Å². The molecule has 0 fully saturated rings. The predicted molar refractivity (Wildman–Crippen MR) is 129 cm³/mol. The number of hydrogen-bond acceptors (Lipinski definition) is 4. The van der Waals surface area contributed by atoms with Gasteiger partial charge in [0.05, 0.1) is 16.6 Å². The number of nitrogens with one attached hydrogen (secondary N) is 1. The lowest BCUT2D eigenvalue weighted by molar-refractivity contribution is -0.123. The molecule has 0 unspecified atom stereocenters. The number of aryl methyl sites for hydroxylation is 2. The quantitative estimate of drug-likeness (QED) is 0.563. The fourth-order valence-electron chi connectivity index (χ4n) is 4.05. The summed E-state index contributed by atoms with van der Waals surface area (Å²) in [6.45, 7) is 1.81. The van der Waals surface area contributed by atoms with Crippen LogP contribution in [0.1, 0.15) is 35.6 Å². The van der Waals surface area contributed by atoms with E-state index in [0.29, 0.717) is 11.4 Å². The highest BCUT2D eigenvalue weighted by atomic mass is 32.2. The number of carbonyl (C=O) groups excluding carboxylic acids is 1. The molecule has 3 aromatic carbocycles. The predicted octanol–water partition coefficient (Wildman–Crippen LogP) is 4.39. The molecular formula is C26H28N2O4S. The molecule has 6 nitrogen and oxygen atoms in total. The minimum Gasteiger partial charge on any atom is -0.484 e. The maximum Gasteiger partial charge on any atom is 0.264 e. The van der Waals surface area contributed by atoms with Crippen LogP contribution < -0.4 is 14.4 Å². The average molecular weight is 465 g/mol. The minimum absolute atomic E-state index is 0.00839. The second-order valence-corrected chi connectivity index (χ2v) is 10.2. The van der Waals surface area contributed by atoms with E-state index < -0.39 is 10.0 Å². The van der Waals surface area contributed by atoms with E-state index in [1.165, 1.54) is 22.5 Å². The largest absolute Gasteiger partial charge is 0.484 e. The van der Waals surface area contributed by atoms with Crippen LogP contribution in [0.25, 0.3) is 0 Å². The Labute approximate surface area is 195 Å². The molecule has 0 heterocycles. The van der Waals surface area contributed by atoms with Crippen molar-refractivity contribution in [2.24, 2.45) is 0 Å². The lowest BCUT2D eigenvalue weighted by atomic mass is 9.88. The fraction of sp³-hybridized carbons (Fsp3) is 0.269. The maximum atomic E-state index is 12.9. The summed E-state index contributed by atoms with van der Waals surface area (Å²) in [5.74, 6) is 0.318. The Morgan fingerprint density at radius 2 is 1.73 bits per heavy atom. The van der Waals surface area contributed by atoms with Gasteiger partial charge in [-0.2, -0.15) is 0 Å².